The summed E-state index contributed by atoms with van der Waals surface area (Å²) in [6.07, 6.45) is 2.83. The average molecular weight is 210 g/mol. The Kier molecular flexibility index (Phi) is 3.38. The van der Waals surface area contributed by atoms with Gasteiger partial charge in [0.25, 0.3) is 0 Å². The number of aromatic nitrogens is 1. The normalized spacial score (nSPS) is 21.1. The largest absolute Gasteiger partial charge is 0.446 e. The molecule has 4 nitrogen and oxygen atoms in total. The third-order valence-corrected chi connectivity index (χ3v) is 2.79. The van der Waals surface area contributed by atoms with Gasteiger partial charge in [0.15, 0.2) is 5.89 Å². The monoisotopic (exact) mass is 210 g/mol. The first-order valence-corrected chi connectivity index (χ1v) is 5.55. The first kappa shape index (κ1) is 10.6. The highest BCUT2D eigenvalue weighted by atomic mass is 16.5. The molecular weight excluding hydrogens is 192 g/mol. The lowest BCUT2D eigenvalue weighted by Crippen LogP contribution is -2.02. The summed E-state index contributed by atoms with van der Waals surface area (Å²) in [5.74, 6) is 2.19. The number of aryl methyl sites for hydroxylation is 2. The van der Waals surface area contributed by atoms with Crippen molar-refractivity contribution in [2.24, 2.45) is 5.73 Å². The van der Waals surface area contributed by atoms with Gasteiger partial charge in [0.2, 0.25) is 0 Å². The van der Waals surface area contributed by atoms with Crippen molar-refractivity contribution in [3.8, 4) is 0 Å². The van der Waals surface area contributed by atoms with Gasteiger partial charge in [0.05, 0.1) is 12.3 Å². The van der Waals surface area contributed by atoms with Gasteiger partial charge in [-0.1, -0.05) is 0 Å². The molecule has 15 heavy (non-hydrogen) atoms. The molecule has 1 aromatic rings. The predicted molar refractivity (Wildman–Crippen MR) is 56.8 cm³/mol. The van der Waals surface area contributed by atoms with Gasteiger partial charge in [-0.25, -0.2) is 4.98 Å². The second kappa shape index (κ2) is 4.77. The van der Waals surface area contributed by atoms with Crippen LogP contribution in [0.25, 0.3) is 0 Å². The van der Waals surface area contributed by atoms with Crippen LogP contribution < -0.4 is 5.73 Å². The van der Waals surface area contributed by atoms with Crippen LogP contribution >= 0.6 is 0 Å². The van der Waals surface area contributed by atoms with Crippen LogP contribution in [-0.4, -0.2) is 24.7 Å². The van der Waals surface area contributed by atoms with Gasteiger partial charge in [-0.15, -0.1) is 0 Å². The number of ether oxygens (including phenoxy) is 1. The van der Waals surface area contributed by atoms with Gasteiger partial charge >= 0.3 is 0 Å². The van der Waals surface area contributed by atoms with Crippen molar-refractivity contribution in [3.05, 3.63) is 17.3 Å². The molecule has 0 bridgehead atoms. The Bertz CT molecular complexity index is 316. The quantitative estimate of drug-likeness (QED) is 0.815. The molecule has 0 saturated carbocycles. The number of nitrogens with zero attached hydrogens (tertiary/aromatic N) is 1. The molecule has 1 atom stereocenters. The van der Waals surface area contributed by atoms with E-state index in [0.717, 1.165) is 49.8 Å². The van der Waals surface area contributed by atoms with E-state index in [4.69, 9.17) is 14.9 Å². The Morgan fingerprint density at radius 1 is 1.53 bits per heavy atom. The van der Waals surface area contributed by atoms with Crippen LogP contribution in [0, 0.1) is 6.92 Å². The van der Waals surface area contributed by atoms with E-state index in [0.29, 0.717) is 12.5 Å². The lowest BCUT2D eigenvalue weighted by molar-refractivity contribution is 0.193. The topological polar surface area (TPSA) is 61.3 Å². The lowest BCUT2D eigenvalue weighted by Gasteiger charge is -2.02. The Morgan fingerprint density at radius 2 is 2.40 bits per heavy atom. The maximum Gasteiger partial charge on any atom is 0.194 e. The van der Waals surface area contributed by atoms with Crippen LogP contribution in [-0.2, 0) is 11.2 Å². The van der Waals surface area contributed by atoms with Crippen molar-refractivity contribution in [2.75, 3.05) is 19.8 Å². The molecule has 1 aliphatic heterocycles. The van der Waals surface area contributed by atoms with Crippen LogP contribution in [0.15, 0.2) is 4.42 Å². The zero-order valence-corrected chi connectivity index (χ0v) is 9.16. The fraction of sp³-hybridized carbons (Fsp3) is 0.727. The zero-order chi connectivity index (χ0) is 10.7. The lowest BCUT2D eigenvalue weighted by atomic mass is 10.0. The minimum atomic E-state index is 0.431. The minimum absolute atomic E-state index is 0.431. The molecule has 1 aliphatic rings. The maximum absolute atomic E-state index is 5.61. The second-order valence-corrected chi connectivity index (χ2v) is 4.00. The molecule has 0 aromatic carbocycles. The average Bonchev–Trinajstić information content (AvgIpc) is 2.83. The number of oxazole rings is 1. The summed E-state index contributed by atoms with van der Waals surface area (Å²) in [6, 6.07) is 0. The molecule has 1 fully saturated rings. The molecule has 84 valence electrons. The summed E-state index contributed by atoms with van der Waals surface area (Å²) in [5.41, 5.74) is 6.54. The fourth-order valence-electron chi connectivity index (χ4n) is 1.95. The Hall–Kier alpha value is -0.870. The molecule has 1 saturated heterocycles. The van der Waals surface area contributed by atoms with E-state index in [9.17, 15) is 0 Å². The van der Waals surface area contributed by atoms with E-state index < -0.39 is 0 Å². The summed E-state index contributed by atoms with van der Waals surface area (Å²) in [7, 11) is 0. The molecule has 2 heterocycles. The van der Waals surface area contributed by atoms with E-state index in [1.165, 1.54) is 0 Å². The van der Waals surface area contributed by atoms with Gasteiger partial charge in [-0.05, 0) is 26.3 Å². The molecule has 0 spiro atoms. The fourth-order valence-corrected chi connectivity index (χ4v) is 1.95. The highest BCUT2D eigenvalue weighted by Crippen LogP contribution is 2.27. The van der Waals surface area contributed by atoms with Crippen molar-refractivity contribution in [2.45, 2.75) is 32.1 Å². The first-order valence-electron chi connectivity index (χ1n) is 5.55. The molecular formula is C11H18N2O2. The van der Waals surface area contributed by atoms with Crippen molar-refractivity contribution in [1.82, 2.24) is 4.98 Å². The van der Waals surface area contributed by atoms with E-state index in [2.05, 4.69) is 4.98 Å². The van der Waals surface area contributed by atoms with Crippen LogP contribution in [0.5, 0.6) is 0 Å². The zero-order valence-electron chi connectivity index (χ0n) is 9.16. The van der Waals surface area contributed by atoms with E-state index in [1.54, 1.807) is 0 Å². The smallest absolute Gasteiger partial charge is 0.194 e. The van der Waals surface area contributed by atoms with Crippen LogP contribution in [0.1, 0.15) is 36.1 Å². The van der Waals surface area contributed by atoms with Crippen molar-refractivity contribution < 1.29 is 9.15 Å². The number of rotatable bonds is 4. The van der Waals surface area contributed by atoms with Gasteiger partial charge in [-0.2, -0.15) is 0 Å². The first-order chi connectivity index (χ1) is 7.31. The summed E-state index contributed by atoms with van der Waals surface area (Å²) in [6.45, 7) is 4.29. The molecule has 4 heteroatoms. The van der Waals surface area contributed by atoms with Crippen molar-refractivity contribution >= 4 is 0 Å². The summed E-state index contributed by atoms with van der Waals surface area (Å²) < 4.78 is 11.0. The Labute approximate surface area is 89.8 Å². The van der Waals surface area contributed by atoms with Gasteiger partial charge < -0.3 is 14.9 Å². The van der Waals surface area contributed by atoms with E-state index >= 15 is 0 Å². The number of hydrogen-bond acceptors (Lipinski definition) is 4. The summed E-state index contributed by atoms with van der Waals surface area (Å²) >= 11 is 0. The van der Waals surface area contributed by atoms with Crippen LogP contribution in [0.4, 0.5) is 0 Å². The number of hydrogen-bond donors (Lipinski definition) is 1. The standard InChI is InChI=1S/C11H18N2O2/c1-8-11(9-4-6-14-7-9)13-10(15-8)3-2-5-12/h9H,2-7,12H2,1H3. The Balaban J connectivity index is 2.06. The second-order valence-electron chi connectivity index (χ2n) is 4.00. The van der Waals surface area contributed by atoms with Crippen LogP contribution in [0.2, 0.25) is 0 Å². The summed E-state index contributed by atoms with van der Waals surface area (Å²) in [4.78, 5) is 4.53. The van der Waals surface area contributed by atoms with Crippen molar-refractivity contribution in [3.63, 3.8) is 0 Å². The minimum Gasteiger partial charge on any atom is -0.446 e. The third kappa shape index (κ3) is 2.38. The predicted octanol–water partition coefficient (Wildman–Crippen LogP) is 1.38. The van der Waals surface area contributed by atoms with E-state index in [1.807, 2.05) is 6.92 Å². The van der Waals surface area contributed by atoms with E-state index in [-0.39, 0.29) is 0 Å². The van der Waals surface area contributed by atoms with Gasteiger partial charge in [0.1, 0.15) is 5.76 Å². The summed E-state index contributed by atoms with van der Waals surface area (Å²) in [5, 5.41) is 0. The molecule has 2 rings (SSSR count). The molecule has 0 amide bonds. The maximum atomic E-state index is 5.61. The molecule has 2 N–H and O–H groups in total. The Morgan fingerprint density at radius 3 is 3.07 bits per heavy atom. The van der Waals surface area contributed by atoms with Gasteiger partial charge in [-0.3, -0.25) is 0 Å². The molecule has 0 radical (unpaired) electrons. The third-order valence-electron chi connectivity index (χ3n) is 2.79. The highest BCUT2D eigenvalue weighted by molar-refractivity contribution is 5.15. The molecule has 1 aromatic heterocycles. The van der Waals surface area contributed by atoms with Crippen LogP contribution in [0.3, 0.4) is 0 Å². The molecule has 1 unspecified atom stereocenters. The molecule has 0 aliphatic carbocycles. The highest BCUT2D eigenvalue weighted by Gasteiger charge is 2.23. The number of nitrogens with two attached hydrogens (primary N) is 1. The van der Waals surface area contributed by atoms with Crippen molar-refractivity contribution in [1.29, 1.82) is 0 Å². The SMILES string of the molecule is Cc1oc(CCCN)nc1C1CCOC1. The van der Waals surface area contributed by atoms with Gasteiger partial charge in [0, 0.05) is 18.9 Å².